The number of aromatic nitrogens is 4. The van der Waals surface area contributed by atoms with Gasteiger partial charge in [-0.25, -0.2) is 9.50 Å². The third-order valence-corrected chi connectivity index (χ3v) is 3.15. The molecule has 0 aliphatic heterocycles. The van der Waals surface area contributed by atoms with Crippen molar-refractivity contribution < 1.29 is 0 Å². The van der Waals surface area contributed by atoms with Gasteiger partial charge in [0.05, 0.1) is 11.9 Å². The molecule has 0 spiro atoms. The number of halogens is 1. The van der Waals surface area contributed by atoms with Gasteiger partial charge >= 0.3 is 0 Å². The first-order valence-corrected chi connectivity index (χ1v) is 6.76. The third-order valence-electron chi connectivity index (χ3n) is 2.99. The van der Waals surface area contributed by atoms with E-state index in [4.69, 9.17) is 11.6 Å². The van der Waals surface area contributed by atoms with Crippen molar-refractivity contribution >= 4 is 28.8 Å². The molecule has 1 N–H and O–H groups in total. The Kier molecular flexibility index (Phi) is 3.28. The van der Waals surface area contributed by atoms with Crippen LogP contribution in [0.1, 0.15) is 25.5 Å². The topological polar surface area (TPSA) is 55.1 Å². The summed E-state index contributed by atoms with van der Waals surface area (Å²) in [6, 6.07) is 9.78. The molecule has 20 heavy (non-hydrogen) atoms. The lowest BCUT2D eigenvalue weighted by molar-refractivity contribution is 0.752. The molecule has 0 saturated carbocycles. The normalized spacial score (nSPS) is 11.2. The standard InChI is InChI=1S/C14H14ClN5/c1-9(2)11-8-16-13-12(18-14(15)19-20(11)13)17-10-6-4-3-5-7-10/h3-9H,1-2H3,(H,17,18,19). The Morgan fingerprint density at radius 2 is 1.95 bits per heavy atom. The van der Waals surface area contributed by atoms with Crippen LogP contribution in [0.15, 0.2) is 36.5 Å². The molecular formula is C14H14ClN5. The number of rotatable bonds is 3. The van der Waals surface area contributed by atoms with Crippen molar-refractivity contribution in [3.63, 3.8) is 0 Å². The summed E-state index contributed by atoms with van der Waals surface area (Å²) in [5, 5.41) is 7.64. The fraction of sp³-hybridized carbons (Fsp3) is 0.214. The molecule has 1 aromatic carbocycles. The fourth-order valence-corrected chi connectivity index (χ4v) is 2.17. The predicted octanol–water partition coefficient (Wildman–Crippen LogP) is 3.64. The first-order chi connectivity index (χ1) is 9.65. The van der Waals surface area contributed by atoms with Crippen LogP contribution in [0, 0.1) is 0 Å². The van der Waals surface area contributed by atoms with Crippen LogP contribution < -0.4 is 5.32 Å². The van der Waals surface area contributed by atoms with Gasteiger partial charge in [-0.1, -0.05) is 32.0 Å². The van der Waals surface area contributed by atoms with Crippen LogP contribution in [0.4, 0.5) is 11.5 Å². The first kappa shape index (κ1) is 12.9. The summed E-state index contributed by atoms with van der Waals surface area (Å²) in [5.74, 6) is 0.906. The van der Waals surface area contributed by atoms with Crippen LogP contribution >= 0.6 is 11.6 Å². The van der Waals surface area contributed by atoms with E-state index in [-0.39, 0.29) is 5.28 Å². The molecule has 3 rings (SSSR count). The number of hydrogen-bond donors (Lipinski definition) is 1. The van der Waals surface area contributed by atoms with Gasteiger partial charge in [-0.2, -0.15) is 4.98 Å². The van der Waals surface area contributed by atoms with E-state index in [0.29, 0.717) is 17.4 Å². The first-order valence-electron chi connectivity index (χ1n) is 6.38. The van der Waals surface area contributed by atoms with Crippen molar-refractivity contribution in [1.29, 1.82) is 0 Å². The van der Waals surface area contributed by atoms with Gasteiger partial charge in [0.25, 0.3) is 0 Å². The van der Waals surface area contributed by atoms with Crippen molar-refractivity contribution in [3.05, 3.63) is 47.5 Å². The number of benzene rings is 1. The van der Waals surface area contributed by atoms with Gasteiger partial charge in [0, 0.05) is 5.69 Å². The summed E-state index contributed by atoms with van der Waals surface area (Å²) in [6.07, 6.45) is 1.81. The number of nitrogens with zero attached hydrogens (tertiary/aromatic N) is 4. The zero-order chi connectivity index (χ0) is 14.1. The lowest BCUT2D eigenvalue weighted by Gasteiger charge is -2.08. The minimum Gasteiger partial charge on any atom is -0.337 e. The van der Waals surface area contributed by atoms with Gasteiger partial charge in [0.1, 0.15) is 0 Å². The monoisotopic (exact) mass is 287 g/mol. The van der Waals surface area contributed by atoms with Crippen LogP contribution in [0.5, 0.6) is 0 Å². The maximum atomic E-state index is 6.01. The highest BCUT2D eigenvalue weighted by molar-refractivity contribution is 6.28. The molecule has 0 atom stereocenters. The van der Waals surface area contributed by atoms with Crippen molar-refractivity contribution in [2.75, 3.05) is 5.32 Å². The number of anilines is 2. The summed E-state index contributed by atoms with van der Waals surface area (Å²) in [7, 11) is 0. The highest BCUT2D eigenvalue weighted by Crippen LogP contribution is 2.23. The van der Waals surface area contributed by atoms with Crippen LogP contribution in [0.25, 0.3) is 5.65 Å². The average molecular weight is 288 g/mol. The molecule has 0 amide bonds. The number of nitrogens with one attached hydrogen (secondary N) is 1. The summed E-state index contributed by atoms with van der Waals surface area (Å²) in [4.78, 5) is 8.62. The summed E-state index contributed by atoms with van der Waals surface area (Å²) in [5.41, 5.74) is 2.60. The van der Waals surface area contributed by atoms with Crippen molar-refractivity contribution in [3.8, 4) is 0 Å². The Morgan fingerprint density at radius 1 is 1.20 bits per heavy atom. The zero-order valence-corrected chi connectivity index (χ0v) is 12.0. The Morgan fingerprint density at radius 3 is 2.65 bits per heavy atom. The van der Waals surface area contributed by atoms with Crippen LogP contribution in [-0.4, -0.2) is 19.6 Å². The second-order valence-corrected chi connectivity index (χ2v) is 5.13. The van der Waals surface area contributed by atoms with E-state index in [1.807, 2.05) is 30.3 Å². The van der Waals surface area contributed by atoms with Gasteiger partial charge in [-0.15, -0.1) is 5.10 Å². The summed E-state index contributed by atoms with van der Waals surface area (Å²) < 4.78 is 1.74. The maximum Gasteiger partial charge on any atom is 0.243 e. The van der Waals surface area contributed by atoms with E-state index in [1.165, 1.54) is 0 Å². The molecule has 0 aliphatic carbocycles. The Balaban J connectivity index is 2.11. The molecule has 5 nitrogen and oxygen atoms in total. The Hall–Kier alpha value is -2.14. The van der Waals surface area contributed by atoms with E-state index < -0.39 is 0 Å². The van der Waals surface area contributed by atoms with Crippen molar-refractivity contribution in [1.82, 2.24) is 19.6 Å². The second-order valence-electron chi connectivity index (χ2n) is 4.79. The molecule has 102 valence electrons. The lowest BCUT2D eigenvalue weighted by Crippen LogP contribution is -2.05. The molecular weight excluding hydrogens is 274 g/mol. The molecule has 2 heterocycles. The van der Waals surface area contributed by atoms with E-state index in [2.05, 4.69) is 34.2 Å². The number of imidazole rings is 1. The van der Waals surface area contributed by atoms with Crippen LogP contribution in [0.3, 0.4) is 0 Å². The second kappa shape index (κ2) is 5.09. The molecule has 2 aromatic heterocycles. The largest absolute Gasteiger partial charge is 0.337 e. The van der Waals surface area contributed by atoms with E-state index >= 15 is 0 Å². The number of fused-ring (bicyclic) bond motifs is 1. The maximum absolute atomic E-state index is 6.01. The number of hydrogen-bond acceptors (Lipinski definition) is 4. The van der Waals surface area contributed by atoms with Crippen LogP contribution in [0.2, 0.25) is 5.28 Å². The molecule has 0 aliphatic rings. The van der Waals surface area contributed by atoms with Gasteiger partial charge in [0.15, 0.2) is 11.5 Å². The van der Waals surface area contributed by atoms with Gasteiger partial charge < -0.3 is 5.32 Å². The van der Waals surface area contributed by atoms with Gasteiger partial charge in [-0.05, 0) is 29.7 Å². The van der Waals surface area contributed by atoms with E-state index in [9.17, 15) is 0 Å². The lowest BCUT2D eigenvalue weighted by atomic mass is 10.2. The van der Waals surface area contributed by atoms with E-state index in [0.717, 1.165) is 11.4 Å². The quantitative estimate of drug-likeness (QED) is 0.799. The average Bonchev–Trinajstić information content (AvgIpc) is 2.83. The van der Waals surface area contributed by atoms with Gasteiger partial charge in [0.2, 0.25) is 5.28 Å². The molecule has 3 aromatic rings. The van der Waals surface area contributed by atoms with Gasteiger partial charge in [-0.3, -0.25) is 0 Å². The molecule has 0 fully saturated rings. The minimum atomic E-state index is 0.191. The minimum absolute atomic E-state index is 0.191. The van der Waals surface area contributed by atoms with Crippen LogP contribution in [-0.2, 0) is 0 Å². The zero-order valence-electron chi connectivity index (χ0n) is 11.2. The third kappa shape index (κ3) is 2.32. The van der Waals surface area contributed by atoms with Crippen molar-refractivity contribution in [2.45, 2.75) is 19.8 Å². The highest BCUT2D eigenvalue weighted by atomic mass is 35.5. The smallest absolute Gasteiger partial charge is 0.243 e. The molecule has 0 bridgehead atoms. The highest BCUT2D eigenvalue weighted by Gasteiger charge is 2.14. The molecule has 0 saturated heterocycles. The molecule has 6 heteroatoms. The SMILES string of the molecule is CC(C)c1cnc2c(Nc3ccccc3)nc(Cl)nn12. The molecule has 0 radical (unpaired) electrons. The van der Waals surface area contributed by atoms with E-state index in [1.54, 1.807) is 10.7 Å². The Bertz CT molecular complexity index is 736. The predicted molar refractivity (Wildman–Crippen MR) is 79.6 cm³/mol. The fourth-order valence-electron chi connectivity index (χ4n) is 2.01. The summed E-state index contributed by atoms with van der Waals surface area (Å²) >= 11 is 6.01. The molecule has 0 unspecified atom stereocenters. The van der Waals surface area contributed by atoms with Crippen molar-refractivity contribution in [2.24, 2.45) is 0 Å². The Labute approximate surface area is 121 Å². The number of para-hydroxylation sites is 1. The summed E-state index contributed by atoms with van der Waals surface area (Å²) in [6.45, 7) is 4.17.